The van der Waals surface area contributed by atoms with Gasteiger partial charge in [0, 0.05) is 11.5 Å². The lowest BCUT2D eigenvalue weighted by atomic mass is 10.1. The molecule has 0 aromatic heterocycles. The van der Waals surface area contributed by atoms with Crippen molar-refractivity contribution in [1.82, 2.24) is 0 Å². The minimum Gasteiger partial charge on any atom is -0.493 e. The number of ether oxygens (including phenoxy) is 2. The second-order valence-corrected chi connectivity index (χ2v) is 13.8. The molecule has 0 atom stereocenters. The van der Waals surface area contributed by atoms with Gasteiger partial charge >= 0.3 is 0 Å². The molecule has 0 spiro atoms. The molecule has 0 fully saturated rings. The van der Waals surface area contributed by atoms with E-state index in [2.05, 4.69) is 20.5 Å². The van der Waals surface area contributed by atoms with Crippen molar-refractivity contribution < 1.29 is 35.4 Å². The van der Waals surface area contributed by atoms with E-state index >= 15 is 0 Å². The van der Waals surface area contributed by atoms with Gasteiger partial charge in [-0.3, -0.25) is 9.11 Å². The van der Waals surface area contributed by atoms with Crippen LogP contribution in [0.4, 0.5) is 28.4 Å². The van der Waals surface area contributed by atoms with Gasteiger partial charge in [0.25, 0.3) is 20.2 Å². The Bertz CT molecular complexity index is 2010. The SMILES string of the molecule is Cc1cc(N=Nc2cc(OCCCS(=O)(=O)O)c(N)cc2C)c(C)cc1N=Nc1ccc2cccc(OCCCS(=O)(=O)O)c2c1. The predicted octanol–water partition coefficient (Wildman–Crippen LogP) is 7.49. The zero-order valence-corrected chi connectivity index (χ0v) is 27.2. The monoisotopic (exact) mass is 669 g/mol. The lowest BCUT2D eigenvalue weighted by Crippen LogP contribution is -2.09. The minimum atomic E-state index is -4.07. The molecule has 4 N–H and O–H groups in total. The number of nitrogens with two attached hydrogens (primary N) is 1. The Morgan fingerprint density at radius 2 is 1.17 bits per heavy atom. The Labute approximate surface area is 267 Å². The molecular formula is C31H35N5O8S2. The number of benzene rings is 4. The van der Waals surface area contributed by atoms with Gasteiger partial charge in [-0.15, -0.1) is 0 Å². The number of hydrogen-bond acceptors (Lipinski definition) is 11. The molecule has 46 heavy (non-hydrogen) atoms. The molecule has 244 valence electrons. The molecule has 0 heterocycles. The Balaban J connectivity index is 1.48. The van der Waals surface area contributed by atoms with Gasteiger partial charge in [-0.05, 0) is 92.1 Å². The molecule has 0 radical (unpaired) electrons. The van der Waals surface area contributed by atoms with Crippen molar-refractivity contribution in [2.45, 2.75) is 33.6 Å². The first-order valence-corrected chi connectivity index (χ1v) is 17.4. The summed E-state index contributed by atoms with van der Waals surface area (Å²) >= 11 is 0. The third kappa shape index (κ3) is 10.0. The second kappa shape index (κ2) is 14.8. The summed E-state index contributed by atoms with van der Waals surface area (Å²) < 4.78 is 73.0. The van der Waals surface area contributed by atoms with E-state index in [-0.39, 0.29) is 31.8 Å². The molecule has 0 saturated carbocycles. The number of azo groups is 2. The molecule has 0 saturated heterocycles. The van der Waals surface area contributed by atoms with Gasteiger partial charge in [-0.2, -0.15) is 37.3 Å². The predicted molar refractivity (Wildman–Crippen MR) is 177 cm³/mol. The van der Waals surface area contributed by atoms with Crippen molar-refractivity contribution in [3.63, 3.8) is 0 Å². The van der Waals surface area contributed by atoms with E-state index in [9.17, 15) is 16.8 Å². The Kier molecular flexibility index (Phi) is 11.1. The highest BCUT2D eigenvalue weighted by molar-refractivity contribution is 7.86. The minimum absolute atomic E-state index is 0.0474. The fourth-order valence-electron chi connectivity index (χ4n) is 4.42. The molecule has 4 aromatic rings. The quantitative estimate of drug-likeness (QED) is 0.0526. The summed E-state index contributed by atoms with van der Waals surface area (Å²) in [6, 6.07) is 18.1. The molecule has 4 rings (SSSR count). The average molecular weight is 670 g/mol. The standard InChI is InChI=1S/C31H35N5O8S2/c1-20-15-26(32)31(44-12-6-14-46(40,41)42)19-29(20)36-35-28-17-21(2)27(16-22(28)3)34-33-24-10-9-23-7-4-8-30(25(23)18-24)43-11-5-13-45(37,38)39/h4,7-10,15-19H,5-6,11-14,32H2,1-3H3,(H,37,38,39)(H,40,41,42). The highest BCUT2D eigenvalue weighted by Crippen LogP contribution is 2.35. The molecular weight excluding hydrogens is 635 g/mol. The van der Waals surface area contributed by atoms with Crippen molar-refractivity contribution in [2.75, 3.05) is 30.5 Å². The van der Waals surface area contributed by atoms with Crippen LogP contribution in [0.1, 0.15) is 29.5 Å². The lowest BCUT2D eigenvalue weighted by molar-refractivity contribution is 0.318. The molecule has 15 heteroatoms. The first kappa shape index (κ1) is 34.4. The lowest BCUT2D eigenvalue weighted by Gasteiger charge is -2.11. The molecule has 0 amide bonds. The van der Waals surface area contributed by atoms with Crippen molar-refractivity contribution in [1.29, 1.82) is 0 Å². The summed E-state index contributed by atoms with van der Waals surface area (Å²) in [7, 11) is -8.12. The van der Waals surface area contributed by atoms with Gasteiger partial charge in [-0.1, -0.05) is 18.2 Å². The average Bonchev–Trinajstić information content (AvgIpc) is 2.97. The van der Waals surface area contributed by atoms with Gasteiger partial charge in [0.1, 0.15) is 11.5 Å². The van der Waals surface area contributed by atoms with Crippen LogP contribution in [0.25, 0.3) is 10.8 Å². The molecule has 13 nitrogen and oxygen atoms in total. The third-order valence-electron chi connectivity index (χ3n) is 6.82. The van der Waals surface area contributed by atoms with Crippen molar-refractivity contribution in [3.05, 3.63) is 77.4 Å². The number of nitrogens with zero attached hydrogens (tertiary/aromatic N) is 4. The number of anilines is 1. The number of nitrogen functional groups attached to an aromatic ring is 1. The van der Waals surface area contributed by atoms with E-state index in [0.29, 0.717) is 39.9 Å². The van der Waals surface area contributed by atoms with Crippen molar-refractivity contribution >= 4 is 59.4 Å². The highest BCUT2D eigenvalue weighted by atomic mass is 32.2. The van der Waals surface area contributed by atoms with Crippen LogP contribution < -0.4 is 15.2 Å². The molecule has 0 bridgehead atoms. The largest absolute Gasteiger partial charge is 0.493 e. The Morgan fingerprint density at radius 1 is 0.652 bits per heavy atom. The summed E-state index contributed by atoms with van der Waals surface area (Å²) in [5.74, 6) is 0.112. The first-order chi connectivity index (χ1) is 21.7. The molecule has 0 unspecified atom stereocenters. The topological polar surface area (TPSA) is 203 Å². The van der Waals surface area contributed by atoms with E-state index < -0.39 is 26.0 Å². The zero-order valence-electron chi connectivity index (χ0n) is 25.5. The fraction of sp³-hybridized carbons (Fsp3) is 0.290. The first-order valence-electron chi connectivity index (χ1n) is 14.2. The zero-order chi connectivity index (χ0) is 33.5. The second-order valence-electron chi connectivity index (χ2n) is 10.6. The van der Waals surface area contributed by atoms with Crippen LogP contribution in [0, 0.1) is 20.8 Å². The number of hydrogen-bond donors (Lipinski definition) is 3. The van der Waals surface area contributed by atoms with Crippen molar-refractivity contribution in [3.8, 4) is 11.5 Å². The molecule has 0 aliphatic rings. The summed E-state index contributed by atoms with van der Waals surface area (Å²) in [6.07, 6.45) is 0.253. The van der Waals surface area contributed by atoms with Crippen molar-refractivity contribution in [2.24, 2.45) is 20.5 Å². The highest BCUT2D eigenvalue weighted by Gasteiger charge is 2.11. The van der Waals surface area contributed by atoms with Crippen LogP contribution in [-0.4, -0.2) is 50.7 Å². The fourth-order valence-corrected chi connectivity index (χ4v) is 5.39. The summed E-state index contributed by atoms with van der Waals surface area (Å²) in [5.41, 5.74) is 11.2. The Morgan fingerprint density at radius 3 is 1.76 bits per heavy atom. The number of fused-ring (bicyclic) bond motifs is 1. The van der Waals surface area contributed by atoms with E-state index in [1.165, 1.54) is 0 Å². The summed E-state index contributed by atoms with van der Waals surface area (Å²) in [5, 5.41) is 19.4. The van der Waals surface area contributed by atoms with Gasteiger partial charge in [0.05, 0.1) is 53.2 Å². The summed E-state index contributed by atoms with van der Waals surface area (Å²) in [4.78, 5) is 0. The van der Waals surface area contributed by atoms with Gasteiger partial charge in [0.2, 0.25) is 0 Å². The van der Waals surface area contributed by atoms with Crippen LogP contribution in [-0.2, 0) is 20.2 Å². The normalized spacial score (nSPS) is 12.4. The van der Waals surface area contributed by atoms with Crippen LogP contribution in [0.2, 0.25) is 0 Å². The maximum absolute atomic E-state index is 11.0. The van der Waals surface area contributed by atoms with Gasteiger partial charge in [0.15, 0.2) is 0 Å². The van der Waals surface area contributed by atoms with E-state index in [1.807, 2.05) is 63.2 Å². The van der Waals surface area contributed by atoms with Crippen LogP contribution >= 0.6 is 0 Å². The van der Waals surface area contributed by atoms with Crippen LogP contribution in [0.15, 0.2) is 81.1 Å². The van der Waals surface area contributed by atoms with Gasteiger partial charge in [-0.25, -0.2) is 0 Å². The molecule has 0 aliphatic carbocycles. The maximum atomic E-state index is 11.0. The summed E-state index contributed by atoms with van der Waals surface area (Å²) in [6.45, 7) is 5.78. The Hall–Kier alpha value is -4.44. The molecule has 0 aliphatic heterocycles. The number of rotatable bonds is 14. The van der Waals surface area contributed by atoms with E-state index in [1.54, 1.807) is 18.2 Å². The molecule has 4 aromatic carbocycles. The van der Waals surface area contributed by atoms with Gasteiger partial charge < -0.3 is 15.2 Å². The third-order valence-corrected chi connectivity index (χ3v) is 8.42. The number of aryl methyl sites for hydroxylation is 3. The smallest absolute Gasteiger partial charge is 0.264 e. The maximum Gasteiger partial charge on any atom is 0.264 e. The van der Waals surface area contributed by atoms with Crippen LogP contribution in [0.5, 0.6) is 11.5 Å². The van der Waals surface area contributed by atoms with Crippen LogP contribution in [0.3, 0.4) is 0 Å². The van der Waals surface area contributed by atoms with E-state index in [0.717, 1.165) is 27.5 Å². The van der Waals surface area contributed by atoms with E-state index in [4.69, 9.17) is 24.3 Å².